The fourth-order valence-corrected chi connectivity index (χ4v) is 5.40. The highest BCUT2D eigenvalue weighted by molar-refractivity contribution is 6.09. The molecule has 2 aliphatic heterocycles. The van der Waals surface area contributed by atoms with Crippen molar-refractivity contribution >= 4 is 23.3 Å². The Morgan fingerprint density at radius 2 is 2.05 bits per heavy atom. The van der Waals surface area contributed by atoms with Crippen LogP contribution >= 0.6 is 0 Å². The molecule has 0 spiro atoms. The number of hydrogen-bond acceptors (Lipinski definition) is 9. The first-order valence-electron chi connectivity index (χ1n) is 14.1. The van der Waals surface area contributed by atoms with Crippen LogP contribution in [0.2, 0.25) is 0 Å². The number of benzene rings is 1. The third-order valence-corrected chi connectivity index (χ3v) is 7.87. The van der Waals surface area contributed by atoms with Gasteiger partial charge in [-0.05, 0) is 42.5 Å². The Labute approximate surface area is 240 Å². The van der Waals surface area contributed by atoms with Gasteiger partial charge in [0.1, 0.15) is 23.5 Å². The van der Waals surface area contributed by atoms with E-state index in [-0.39, 0.29) is 0 Å². The number of nitrogens with two attached hydrogens (primary N) is 1. The number of aromatic nitrogens is 4. The summed E-state index contributed by atoms with van der Waals surface area (Å²) in [6.45, 7) is 5.46. The monoisotopic (exact) mass is 552 g/mol. The molecule has 1 aromatic carbocycles. The van der Waals surface area contributed by atoms with Crippen molar-refractivity contribution in [2.45, 2.75) is 25.4 Å². The third-order valence-electron chi connectivity index (χ3n) is 7.87. The molecule has 10 nitrogen and oxygen atoms in total. The van der Waals surface area contributed by atoms with Crippen molar-refractivity contribution in [2.24, 2.45) is 16.6 Å². The van der Waals surface area contributed by atoms with Crippen LogP contribution in [0.25, 0.3) is 22.6 Å². The highest BCUT2D eigenvalue weighted by Crippen LogP contribution is 2.26. The lowest BCUT2D eigenvalue weighted by Gasteiger charge is -2.34. The van der Waals surface area contributed by atoms with Gasteiger partial charge in [-0.2, -0.15) is 0 Å². The average Bonchev–Trinajstić information content (AvgIpc) is 3.61. The predicted octanol–water partition coefficient (Wildman–Crippen LogP) is 3.89. The van der Waals surface area contributed by atoms with Gasteiger partial charge < -0.3 is 20.5 Å². The molecular weight excluding hydrogens is 516 g/mol. The summed E-state index contributed by atoms with van der Waals surface area (Å²) >= 11 is 0. The Balaban J connectivity index is 1.05. The van der Waals surface area contributed by atoms with Gasteiger partial charge in [-0.25, -0.2) is 15.0 Å². The number of hydrogen-bond donors (Lipinski definition) is 2. The van der Waals surface area contributed by atoms with Crippen molar-refractivity contribution in [1.82, 2.24) is 24.3 Å². The van der Waals surface area contributed by atoms with Gasteiger partial charge in [0.15, 0.2) is 0 Å². The summed E-state index contributed by atoms with van der Waals surface area (Å²) in [5.74, 6) is 2.27. The van der Waals surface area contributed by atoms with Gasteiger partial charge in [0.25, 0.3) is 0 Å². The van der Waals surface area contributed by atoms with Gasteiger partial charge in [-0.15, -0.1) is 0 Å². The Morgan fingerprint density at radius 3 is 2.83 bits per heavy atom. The number of rotatable bonds is 11. The molecule has 0 saturated carbocycles. The molecule has 0 amide bonds. The van der Waals surface area contributed by atoms with Crippen LogP contribution in [0.5, 0.6) is 5.75 Å². The number of likely N-dealkylation sites (tertiary alicyclic amines) is 1. The Bertz CT molecular complexity index is 1530. The van der Waals surface area contributed by atoms with Crippen molar-refractivity contribution in [2.75, 3.05) is 45.3 Å². The topological polar surface area (TPSA) is 115 Å². The van der Waals surface area contributed by atoms with E-state index >= 15 is 0 Å². The quantitative estimate of drug-likeness (QED) is 0.269. The van der Waals surface area contributed by atoms with Crippen molar-refractivity contribution in [3.63, 3.8) is 0 Å². The fourth-order valence-electron chi connectivity index (χ4n) is 5.40. The van der Waals surface area contributed by atoms with Crippen molar-refractivity contribution in [3.8, 4) is 17.1 Å². The minimum absolute atomic E-state index is 0.627. The van der Waals surface area contributed by atoms with Gasteiger partial charge in [-0.1, -0.05) is 24.3 Å². The molecule has 3 aromatic heterocycles. The molecule has 5 heterocycles. The van der Waals surface area contributed by atoms with Gasteiger partial charge in [0.05, 0.1) is 43.4 Å². The zero-order chi connectivity index (χ0) is 28.0. The van der Waals surface area contributed by atoms with Gasteiger partial charge >= 0.3 is 0 Å². The maximum atomic E-state index is 6.11. The molecular formula is C31H36N8O2. The number of anilines is 1. The first kappa shape index (κ1) is 26.9. The maximum Gasteiger partial charge on any atom is 0.140 e. The lowest BCUT2D eigenvalue weighted by atomic mass is 10.1. The molecule has 2 fully saturated rings. The molecule has 41 heavy (non-hydrogen) atoms. The summed E-state index contributed by atoms with van der Waals surface area (Å²) in [7, 11) is 1.73. The second-order valence-corrected chi connectivity index (χ2v) is 10.6. The van der Waals surface area contributed by atoms with Crippen LogP contribution in [-0.2, 0) is 11.3 Å². The number of pyridine rings is 1. The summed E-state index contributed by atoms with van der Waals surface area (Å²) in [6.07, 6.45) is 11.0. The number of aliphatic imine (C=N–C) groups is 1. The van der Waals surface area contributed by atoms with E-state index in [1.165, 1.54) is 13.0 Å². The highest BCUT2D eigenvalue weighted by atomic mass is 16.5. The van der Waals surface area contributed by atoms with Crippen LogP contribution in [0.4, 0.5) is 5.82 Å². The standard InChI is InChI=1S/C31H36N8O2/c1-33-16-25(14-32)24-4-2-22(3-5-24)15-34-30-13-28(36-21-37-30)29-17-35-31-12-27(7-10-39(29)31)41-11-8-23-6-9-38(18-23)26-19-40-20-26/h2-5,7,10,12-14,16-17,21,23,26H,6,8-9,11,15,18-20,32H2,1H3,(H,34,36,37). The molecule has 1 unspecified atom stereocenters. The zero-order valence-electron chi connectivity index (χ0n) is 23.3. The van der Waals surface area contributed by atoms with Crippen LogP contribution in [0.1, 0.15) is 24.0 Å². The van der Waals surface area contributed by atoms with E-state index in [0.717, 1.165) is 71.5 Å². The van der Waals surface area contributed by atoms with E-state index < -0.39 is 0 Å². The predicted molar refractivity (Wildman–Crippen MR) is 161 cm³/mol. The van der Waals surface area contributed by atoms with Crippen LogP contribution in [0.15, 0.2) is 72.4 Å². The number of allylic oxidation sites excluding steroid dienone is 1. The van der Waals surface area contributed by atoms with Crippen molar-refractivity contribution in [1.29, 1.82) is 0 Å². The molecule has 2 saturated heterocycles. The smallest absolute Gasteiger partial charge is 0.140 e. The van der Waals surface area contributed by atoms with Gasteiger partial charge in [-0.3, -0.25) is 14.3 Å². The lowest BCUT2D eigenvalue weighted by molar-refractivity contribution is -0.0582. The van der Waals surface area contributed by atoms with E-state index in [2.05, 4.69) is 42.3 Å². The molecule has 6 rings (SSSR count). The number of ether oxygens (including phenoxy) is 2. The molecule has 212 valence electrons. The molecule has 0 radical (unpaired) electrons. The Hall–Kier alpha value is -4.28. The second kappa shape index (κ2) is 12.5. The number of nitrogens with zero attached hydrogens (tertiary/aromatic N) is 6. The molecule has 2 aliphatic rings. The van der Waals surface area contributed by atoms with Gasteiger partial charge in [0, 0.05) is 56.5 Å². The number of nitrogens with one attached hydrogen (secondary N) is 1. The minimum atomic E-state index is 0.627. The molecule has 4 aromatic rings. The molecule has 0 aliphatic carbocycles. The van der Waals surface area contributed by atoms with Crippen molar-refractivity contribution in [3.05, 3.63) is 78.5 Å². The SMILES string of the molecule is CN=CC(=CN)c1ccc(CNc2cc(-c3cnc4cc(OCCC5CCN(C6COC6)C5)ccn34)ncn2)cc1. The minimum Gasteiger partial charge on any atom is -0.493 e. The Kier molecular flexibility index (Phi) is 8.20. The summed E-state index contributed by atoms with van der Waals surface area (Å²) in [5.41, 5.74) is 11.3. The molecule has 1 atom stereocenters. The van der Waals surface area contributed by atoms with Crippen LogP contribution < -0.4 is 15.8 Å². The number of fused-ring (bicyclic) bond motifs is 1. The average molecular weight is 553 g/mol. The summed E-state index contributed by atoms with van der Waals surface area (Å²) in [5, 5.41) is 3.39. The van der Waals surface area contributed by atoms with E-state index in [0.29, 0.717) is 25.1 Å². The van der Waals surface area contributed by atoms with Crippen LogP contribution in [0, 0.1) is 5.92 Å². The summed E-state index contributed by atoms with van der Waals surface area (Å²) in [4.78, 5) is 20.1. The normalized spacial score (nSPS) is 18.3. The van der Waals surface area contributed by atoms with Crippen molar-refractivity contribution < 1.29 is 9.47 Å². The molecule has 3 N–H and O–H groups in total. The van der Waals surface area contributed by atoms with E-state index in [1.54, 1.807) is 25.8 Å². The van der Waals surface area contributed by atoms with Gasteiger partial charge in [0.2, 0.25) is 0 Å². The van der Waals surface area contributed by atoms with Crippen LogP contribution in [0.3, 0.4) is 0 Å². The third kappa shape index (κ3) is 6.23. The van der Waals surface area contributed by atoms with E-state index in [4.69, 9.17) is 15.2 Å². The largest absolute Gasteiger partial charge is 0.493 e. The van der Waals surface area contributed by atoms with E-state index in [1.807, 2.05) is 47.1 Å². The molecule has 0 bridgehead atoms. The zero-order valence-corrected chi connectivity index (χ0v) is 23.3. The number of imidazole rings is 1. The maximum absolute atomic E-state index is 6.11. The summed E-state index contributed by atoms with van der Waals surface area (Å²) < 4.78 is 13.5. The fraction of sp³-hybridized carbons (Fsp3) is 0.355. The highest BCUT2D eigenvalue weighted by Gasteiger charge is 2.32. The Morgan fingerprint density at radius 1 is 1.17 bits per heavy atom. The summed E-state index contributed by atoms with van der Waals surface area (Å²) in [6, 6.07) is 14.7. The van der Waals surface area contributed by atoms with Crippen LogP contribution in [-0.4, -0.2) is 76.5 Å². The first-order chi connectivity index (χ1) is 20.2. The lowest BCUT2D eigenvalue weighted by Crippen LogP contribution is -2.47. The van der Waals surface area contributed by atoms with E-state index in [9.17, 15) is 0 Å². The molecule has 10 heteroatoms. The first-order valence-corrected chi connectivity index (χ1v) is 14.1. The second-order valence-electron chi connectivity index (χ2n) is 10.6.